The van der Waals surface area contributed by atoms with Crippen molar-refractivity contribution in [3.05, 3.63) is 0 Å². The second-order valence-corrected chi connectivity index (χ2v) is 4.86. The van der Waals surface area contributed by atoms with E-state index in [2.05, 4.69) is 5.32 Å². The molecule has 1 N–H and O–H groups in total. The molecule has 19 heavy (non-hydrogen) atoms. The number of hydrogen-bond acceptors (Lipinski definition) is 2. The van der Waals surface area contributed by atoms with Gasteiger partial charge in [-0.05, 0) is 13.3 Å². The van der Waals surface area contributed by atoms with Crippen LogP contribution in [-0.4, -0.2) is 41.5 Å². The van der Waals surface area contributed by atoms with Crippen molar-refractivity contribution in [2.75, 3.05) is 6.54 Å². The average molecular weight is 280 g/mol. The van der Waals surface area contributed by atoms with Crippen LogP contribution in [0.15, 0.2) is 0 Å². The van der Waals surface area contributed by atoms with Crippen molar-refractivity contribution in [3.8, 4) is 0 Å². The van der Waals surface area contributed by atoms with Crippen LogP contribution in [0.2, 0.25) is 0 Å². The zero-order chi connectivity index (χ0) is 14.6. The highest BCUT2D eigenvalue weighted by molar-refractivity contribution is 5.90. The fourth-order valence-electron chi connectivity index (χ4n) is 2.17. The van der Waals surface area contributed by atoms with Gasteiger partial charge in [0.15, 0.2) is 0 Å². The topological polar surface area (TPSA) is 49.4 Å². The molecule has 110 valence electrons. The van der Waals surface area contributed by atoms with Crippen molar-refractivity contribution in [1.82, 2.24) is 10.2 Å². The lowest BCUT2D eigenvalue weighted by Gasteiger charge is -2.29. The Labute approximate surface area is 110 Å². The standard InChI is InChI=1S/C12H19F3N2O2/c1-3-4-9-11(19)17(6-5-12(13,14)15)8(2)7-10(18)16-9/h8-9H,3-7H2,1-2H3,(H,16,18). The zero-order valence-corrected chi connectivity index (χ0v) is 11.1. The number of carbonyl (C=O) groups is 2. The maximum Gasteiger partial charge on any atom is 0.390 e. The van der Waals surface area contributed by atoms with Gasteiger partial charge in [-0.15, -0.1) is 0 Å². The van der Waals surface area contributed by atoms with Gasteiger partial charge in [-0.1, -0.05) is 13.3 Å². The van der Waals surface area contributed by atoms with Crippen molar-refractivity contribution in [2.24, 2.45) is 0 Å². The van der Waals surface area contributed by atoms with Crippen LogP contribution < -0.4 is 5.32 Å². The normalized spacial score (nSPS) is 25.2. The monoisotopic (exact) mass is 280 g/mol. The van der Waals surface area contributed by atoms with Crippen molar-refractivity contribution in [3.63, 3.8) is 0 Å². The van der Waals surface area contributed by atoms with E-state index in [1.807, 2.05) is 6.92 Å². The number of alkyl halides is 3. The summed E-state index contributed by atoms with van der Waals surface area (Å²) in [6, 6.07) is -1.20. The third-order valence-electron chi connectivity index (χ3n) is 3.14. The van der Waals surface area contributed by atoms with Crippen LogP contribution in [-0.2, 0) is 9.59 Å². The summed E-state index contributed by atoms with van der Waals surface area (Å²) in [6.45, 7) is 3.06. The Bertz CT molecular complexity index is 344. The highest BCUT2D eigenvalue weighted by Crippen LogP contribution is 2.22. The van der Waals surface area contributed by atoms with Gasteiger partial charge >= 0.3 is 6.18 Å². The first-order valence-electron chi connectivity index (χ1n) is 6.41. The average Bonchev–Trinajstić information content (AvgIpc) is 2.34. The Hall–Kier alpha value is -1.27. The lowest BCUT2D eigenvalue weighted by Crippen LogP contribution is -2.47. The van der Waals surface area contributed by atoms with E-state index >= 15 is 0 Å². The van der Waals surface area contributed by atoms with Crippen molar-refractivity contribution >= 4 is 11.8 Å². The Morgan fingerprint density at radius 1 is 1.37 bits per heavy atom. The molecule has 0 bridgehead atoms. The summed E-state index contributed by atoms with van der Waals surface area (Å²) in [5.41, 5.74) is 0. The van der Waals surface area contributed by atoms with Crippen LogP contribution in [0.4, 0.5) is 13.2 Å². The minimum Gasteiger partial charge on any atom is -0.344 e. The van der Waals surface area contributed by atoms with Crippen LogP contribution in [0.3, 0.4) is 0 Å². The number of hydrogen-bond donors (Lipinski definition) is 1. The van der Waals surface area contributed by atoms with Gasteiger partial charge in [0.05, 0.1) is 6.42 Å². The molecule has 0 spiro atoms. The third-order valence-corrected chi connectivity index (χ3v) is 3.14. The molecule has 1 saturated heterocycles. The molecule has 4 nitrogen and oxygen atoms in total. The predicted octanol–water partition coefficient (Wildman–Crippen LogP) is 1.84. The number of nitrogens with zero attached hydrogens (tertiary/aromatic N) is 1. The van der Waals surface area contributed by atoms with Gasteiger partial charge in [0.1, 0.15) is 6.04 Å². The lowest BCUT2D eigenvalue weighted by atomic mass is 10.1. The largest absolute Gasteiger partial charge is 0.390 e. The van der Waals surface area contributed by atoms with E-state index in [1.165, 1.54) is 4.90 Å². The molecule has 7 heteroatoms. The Morgan fingerprint density at radius 2 is 2.00 bits per heavy atom. The van der Waals surface area contributed by atoms with Crippen LogP contribution in [0.25, 0.3) is 0 Å². The lowest BCUT2D eigenvalue weighted by molar-refractivity contribution is -0.148. The van der Waals surface area contributed by atoms with Crippen molar-refractivity contribution < 1.29 is 22.8 Å². The van der Waals surface area contributed by atoms with Gasteiger partial charge in [0.25, 0.3) is 0 Å². The second-order valence-electron chi connectivity index (χ2n) is 4.86. The van der Waals surface area contributed by atoms with Gasteiger partial charge in [-0.3, -0.25) is 9.59 Å². The number of rotatable bonds is 4. The van der Waals surface area contributed by atoms with Gasteiger partial charge in [0.2, 0.25) is 11.8 Å². The van der Waals surface area contributed by atoms with E-state index in [-0.39, 0.29) is 12.3 Å². The quantitative estimate of drug-likeness (QED) is 0.854. The maximum absolute atomic E-state index is 12.3. The summed E-state index contributed by atoms with van der Waals surface area (Å²) in [4.78, 5) is 24.9. The summed E-state index contributed by atoms with van der Waals surface area (Å²) in [6.07, 6.45) is -4.18. The minimum absolute atomic E-state index is 0.0454. The zero-order valence-electron chi connectivity index (χ0n) is 11.1. The fraction of sp³-hybridized carbons (Fsp3) is 0.833. The Balaban J connectivity index is 2.79. The van der Waals surface area contributed by atoms with E-state index in [4.69, 9.17) is 0 Å². The molecule has 1 fully saturated rings. The molecule has 2 atom stereocenters. The number of carbonyl (C=O) groups excluding carboxylic acids is 2. The first-order valence-corrected chi connectivity index (χ1v) is 6.41. The van der Waals surface area contributed by atoms with Crippen molar-refractivity contribution in [1.29, 1.82) is 0 Å². The van der Waals surface area contributed by atoms with E-state index in [0.29, 0.717) is 12.8 Å². The first kappa shape index (κ1) is 15.8. The fourth-order valence-corrected chi connectivity index (χ4v) is 2.17. The molecular formula is C12H19F3N2O2. The predicted molar refractivity (Wildman–Crippen MR) is 63.3 cm³/mol. The highest BCUT2D eigenvalue weighted by Gasteiger charge is 2.36. The molecule has 2 unspecified atom stereocenters. The molecule has 0 aromatic carbocycles. The second kappa shape index (κ2) is 6.25. The Morgan fingerprint density at radius 3 is 2.53 bits per heavy atom. The van der Waals surface area contributed by atoms with E-state index in [1.54, 1.807) is 6.92 Å². The van der Waals surface area contributed by atoms with Crippen LogP contribution in [0, 0.1) is 0 Å². The van der Waals surface area contributed by atoms with Gasteiger partial charge in [0, 0.05) is 19.0 Å². The summed E-state index contributed by atoms with van der Waals surface area (Å²) in [5, 5.41) is 2.58. The van der Waals surface area contributed by atoms with Gasteiger partial charge in [-0.2, -0.15) is 13.2 Å². The molecule has 0 saturated carbocycles. The molecule has 0 aliphatic carbocycles. The van der Waals surface area contributed by atoms with Crippen molar-refractivity contribution in [2.45, 2.75) is 57.8 Å². The smallest absolute Gasteiger partial charge is 0.344 e. The van der Waals surface area contributed by atoms with Gasteiger partial charge in [-0.25, -0.2) is 0 Å². The van der Waals surface area contributed by atoms with E-state index in [9.17, 15) is 22.8 Å². The number of amides is 2. The summed E-state index contributed by atoms with van der Waals surface area (Å²) in [7, 11) is 0. The van der Waals surface area contributed by atoms with Gasteiger partial charge < -0.3 is 10.2 Å². The van der Waals surface area contributed by atoms with Crippen LogP contribution in [0.5, 0.6) is 0 Å². The van der Waals surface area contributed by atoms with E-state index in [0.717, 1.165) is 0 Å². The van der Waals surface area contributed by atoms with E-state index < -0.39 is 37.1 Å². The summed E-state index contributed by atoms with van der Waals surface area (Å²) in [5.74, 6) is -0.696. The molecule has 0 radical (unpaired) electrons. The molecule has 2 amide bonds. The van der Waals surface area contributed by atoms with Crippen LogP contribution >= 0.6 is 0 Å². The molecule has 1 rings (SSSR count). The first-order chi connectivity index (χ1) is 8.74. The molecule has 1 aliphatic rings. The molecule has 0 aromatic rings. The Kier molecular flexibility index (Phi) is 5.20. The summed E-state index contributed by atoms with van der Waals surface area (Å²) >= 11 is 0. The minimum atomic E-state index is -4.30. The number of nitrogens with one attached hydrogen (secondary N) is 1. The van der Waals surface area contributed by atoms with Crippen LogP contribution in [0.1, 0.15) is 39.5 Å². The highest BCUT2D eigenvalue weighted by atomic mass is 19.4. The molecule has 1 aliphatic heterocycles. The number of halogens is 3. The maximum atomic E-state index is 12.3. The molecular weight excluding hydrogens is 261 g/mol. The SMILES string of the molecule is CCCC1NC(=O)CC(C)N(CCC(F)(F)F)C1=O. The third kappa shape index (κ3) is 4.72. The molecule has 1 heterocycles. The molecule has 0 aromatic heterocycles. The summed E-state index contributed by atoms with van der Waals surface area (Å²) < 4.78 is 36.8.